The first-order chi connectivity index (χ1) is 25.0. The number of hydrogen-bond acceptors (Lipinski definition) is 5. The van der Waals surface area contributed by atoms with Crippen molar-refractivity contribution in [3.63, 3.8) is 0 Å². The van der Waals surface area contributed by atoms with Crippen molar-refractivity contribution in [3.05, 3.63) is 137 Å². The molecule has 2 aliphatic heterocycles. The van der Waals surface area contributed by atoms with Crippen molar-refractivity contribution >= 4 is 45.6 Å². The van der Waals surface area contributed by atoms with E-state index in [0.29, 0.717) is 29.0 Å². The van der Waals surface area contributed by atoms with Crippen LogP contribution in [0.5, 0.6) is 0 Å². The summed E-state index contributed by atoms with van der Waals surface area (Å²) >= 11 is 0. The highest BCUT2D eigenvalue weighted by Crippen LogP contribution is 2.49. The minimum atomic E-state index is -1.95. The molecule has 52 heavy (non-hydrogen) atoms. The standard InChI is InChI=1S/C44H47N3O5/c1-30(2)12-8-13-31(3)24-25-46-38-23-22-35(47-39-20-11-18-34-17-10-19-36(41(34)39)42(47)50)28-37(38)44(52,43(46)51)32(4)14-9-21-40(49)45(26-27-48)29-33-15-6-5-7-16-33/h5-7,9-12,14-20,22-24,28,32,48,52H,8,13,21,25-27,29H2,1-4H3/b14-9+,31-24+/t32-,44+/m1/s1. The Morgan fingerprint density at radius 3 is 2.40 bits per heavy atom. The van der Waals surface area contributed by atoms with Gasteiger partial charge in [-0.3, -0.25) is 19.3 Å². The normalized spacial score (nSPS) is 17.3. The molecule has 6 rings (SSSR count). The number of aliphatic hydroxyl groups excluding tert-OH is 1. The van der Waals surface area contributed by atoms with Gasteiger partial charge in [0, 0.05) is 48.6 Å². The number of carbonyl (C=O) groups is 3. The fourth-order valence-corrected chi connectivity index (χ4v) is 7.22. The molecule has 0 saturated carbocycles. The summed E-state index contributed by atoms with van der Waals surface area (Å²) in [6.45, 7) is 8.65. The maximum Gasteiger partial charge on any atom is 0.264 e. The van der Waals surface area contributed by atoms with Crippen molar-refractivity contribution in [2.75, 3.05) is 29.5 Å². The molecule has 2 N–H and O–H groups in total. The minimum Gasteiger partial charge on any atom is -0.395 e. The zero-order valence-corrected chi connectivity index (χ0v) is 30.4. The Morgan fingerprint density at radius 1 is 0.923 bits per heavy atom. The fourth-order valence-electron chi connectivity index (χ4n) is 7.22. The van der Waals surface area contributed by atoms with Gasteiger partial charge < -0.3 is 20.0 Å². The Labute approximate surface area is 306 Å². The Bertz CT molecular complexity index is 2080. The van der Waals surface area contributed by atoms with Gasteiger partial charge in [-0.05, 0) is 74.9 Å². The van der Waals surface area contributed by atoms with E-state index in [0.717, 1.165) is 40.4 Å². The van der Waals surface area contributed by atoms with Crippen LogP contribution in [0.25, 0.3) is 10.8 Å². The minimum absolute atomic E-state index is 0.0379. The maximum absolute atomic E-state index is 14.4. The fraction of sp³-hybridized carbons (Fsp3) is 0.295. The third-order valence-corrected chi connectivity index (χ3v) is 10.1. The van der Waals surface area contributed by atoms with Crippen LogP contribution < -0.4 is 9.80 Å². The predicted molar refractivity (Wildman–Crippen MR) is 207 cm³/mol. The summed E-state index contributed by atoms with van der Waals surface area (Å²) < 4.78 is 0. The van der Waals surface area contributed by atoms with Gasteiger partial charge in [-0.25, -0.2) is 0 Å². The molecule has 0 bridgehead atoms. The lowest BCUT2D eigenvalue weighted by Crippen LogP contribution is -2.44. The first-order valence-corrected chi connectivity index (χ1v) is 18.0. The lowest BCUT2D eigenvalue weighted by atomic mass is 9.82. The smallest absolute Gasteiger partial charge is 0.264 e. The number of nitrogens with zero attached hydrogens (tertiary/aromatic N) is 3. The van der Waals surface area contributed by atoms with Gasteiger partial charge >= 0.3 is 0 Å². The Balaban J connectivity index is 1.31. The SMILES string of the molecule is CC(C)=CCC/C(C)=C/CN1C(=O)[C@](O)([C@H](C)/C=C/CC(=O)N(CCO)Cc2ccccc2)c2cc(N3C(=O)c4cccc5cccc3c45)ccc21. The second-order valence-corrected chi connectivity index (χ2v) is 14.0. The van der Waals surface area contributed by atoms with E-state index >= 15 is 0 Å². The lowest BCUT2D eigenvalue weighted by Gasteiger charge is -2.28. The van der Waals surface area contributed by atoms with Crippen LogP contribution in [0.15, 0.2) is 120 Å². The predicted octanol–water partition coefficient (Wildman–Crippen LogP) is 7.96. The van der Waals surface area contributed by atoms with Crippen molar-refractivity contribution in [3.8, 4) is 0 Å². The molecule has 268 valence electrons. The van der Waals surface area contributed by atoms with Gasteiger partial charge in [0.05, 0.1) is 23.5 Å². The molecule has 0 fully saturated rings. The summed E-state index contributed by atoms with van der Waals surface area (Å²) in [5.41, 5.74) is 4.32. The van der Waals surface area contributed by atoms with E-state index < -0.39 is 17.4 Å². The molecule has 8 nitrogen and oxygen atoms in total. The highest BCUT2D eigenvalue weighted by Gasteiger charge is 2.52. The van der Waals surface area contributed by atoms with Gasteiger partial charge in [0.25, 0.3) is 11.8 Å². The summed E-state index contributed by atoms with van der Waals surface area (Å²) in [5.74, 6) is -1.52. The molecule has 2 heterocycles. The third-order valence-electron chi connectivity index (χ3n) is 10.1. The van der Waals surface area contributed by atoms with E-state index in [1.807, 2.05) is 91.9 Å². The molecular formula is C44H47N3O5. The average Bonchev–Trinajstić information content (AvgIpc) is 3.54. The van der Waals surface area contributed by atoms with Crippen LogP contribution in [-0.4, -0.2) is 52.5 Å². The van der Waals surface area contributed by atoms with Crippen molar-refractivity contribution in [2.24, 2.45) is 5.92 Å². The van der Waals surface area contributed by atoms with E-state index in [1.54, 1.807) is 39.8 Å². The van der Waals surface area contributed by atoms with Crippen LogP contribution in [0.3, 0.4) is 0 Å². The Hall–Kier alpha value is -5.31. The topological polar surface area (TPSA) is 101 Å². The number of rotatable bonds is 14. The first kappa shape index (κ1) is 36.5. The van der Waals surface area contributed by atoms with Crippen molar-refractivity contribution in [1.82, 2.24) is 4.90 Å². The van der Waals surface area contributed by atoms with Crippen LogP contribution in [-0.2, 0) is 21.7 Å². The molecule has 2 atom stereocenters. The van der Waals surface area contributed by atoms with Gasteiger partial charge in [-0.15, -0.1) is 0 Å². The summed E-state index contributed by atoms with van der Waals surface area (Å²) in [7, 11) is 0. The largest absolute Gasteiger partial charge is 0.395 e. The second kappa shape index (κ2) is 15.5. The monoisotopic (exact) mass is 697 g/mol. The Morgan fingerprint density at radius 2 is 1.67 bits per heavy atom. The van der Waals surface area contributed by atoms with Crippen molar-refractivity contribution < 1.29 is 24.6 Å². The number of amides is 3. The van der Waals surface area contributed by atoms with Gasteiger partial charge in [0.1, 0.15) is 0 Å². The molecule has 0 saturated heterocycles. The highest BCUT2D eigenvalue weighted by atomic mass is 16.3. The second-order valence-electron chi connectivity index (χ2n) is 14.0. The number of aliphatic hydroxyl groups is 2. The van der Waals surface area contributed by atoms with Crippen LogP contribution in [0.2, 0.25) is 0 Å². The molecule has 0 unspecified atom stereocenters. The average molecular weight is 698 g/mol. The number of carbonyl (C=O) groups excluding carboxylic acids is 3. The molecule has 0 aliphatic carbocycles. The maximum atomic E-state index is 14.4. The number of allylic oxidation sites excluding steroid dienone is 3. The molecule has 2 aliphatic rings. The molecule has 3 amide bonds. The van der Waals surface area contributed by atoms with Gasteiger partial charge in [-0.2, -0.15) is 0 Å². The van der Waals surface area contributed by atoms with E-state index in [9.17, 15) is 24.6 Å². The quantitative estimate of drug-likeness (QED) is 0.130. The molecule has 4 aromatic carbocycles. The van der Waals surface area contributed by atoms with E-state index in [1.165, 1.54) is 5.57 Å². The molecular weight excluding hydrogens is 650 g/mol. The molecule has 0 aromatic heterocycles. The number of fused-ring (bicyclic) bond motifs is 1. The van der Waals surface area contributed by atoms with Gasteiger partial charge in [0.2, 0.25) is 5.91 Å². The van der Waals surface area contributed by atoms with Crippen LogP contribution in [0.4, 0.5) is 17.1 Å². The zero-order valence-electron chi connectivity index (χ0n) is 30.4. The first-order valence-electron chi connectivity index (χ1n) is 18.0. The zero-order chi connectivity index (χ0) is 37.0. The van der Waals surface area contributed by atoms with Crippen LogP contribution in [0.1, 0.15) is 68.4 Å². The van der Waals surface area contributed by atoms with Gasteiger partial charge in [-0.1, -0.05) is 97.0 Å². The Kier molecular flexibility index (Phi) is 10.9. The third kappa shape index (κ3) is 7.09. The number of hydrogen-bond donors (Lipinski definition) is 2. The highest BCUT2D eigenvalue weighted by molar-refractivity contribution is 6.28. The van der Waals surface area contributed by atoms with E-state index in [-0.39, 0.29) is 37.9 Å². The van der Waals surface area contributed by atoms with Crippen molar-refractivity contribution in [2.45, 2.75) is 59.1 Å². The summed E-state index contributed by atoms with van der Waals surface area (Å²) in [6, 6.07) is 26.5. The van der Waals surface area contributed by atoms with Crippen LogP contribution in [0, 0.1) is 5.92 Å². The number of benzene rings is 4. The van der Waals surface area contributed by atoms with Crippen LogP contribution >= 0.6 is 0 Å². The molecule has 8 heteroatoms. The van der Waals surface area contributed by atoms with Crippen molar-refractivity contribution in [1.29, 1.82) is 0 Å². The summed E-state index contributed by atoms with van der Waals surface area (Å²) in [6.07, 6.45) is 9.43. The van der Waals surface area contributed by atoms with E-state index in [4.69, 9.17) is 0 Å². The van der Waals surface area contributed by atoms with Gasteiger partial charge in [0.15, 0.2) is 5.60 Å². The summed E-state index contributed by atoms with van der Waals surface area (Å²) in [4.78, 5) is 46.4. The summed E-state index contributed by atoms with van der Waals surface area (Å²) in [5, 5.41) is 24.0. The molecule has 0 spiro atoms. The molecule has 4 aromatic rings. The molecule has 0 radical (unpaired) electrons. The number of anilines is 3. The van der Waals surface area contributed by atoms with E-state index in [2.05, 4.69) is 19.9 Å². The lowest BCUT2D eigenvalue weighted by molar-refractivity contribution is -0.139.